The number of hydrogen-bond acceptors (Lipinski definition) is 3. The minimum Gasteiger partial charge on any atom is -0.392 e. The first-order chi connectivity index (χ1) is 8.78. The Morgan fingerprint density at radius 1 is 1.44 bits per heavy atom. The van der Waals surface area contributed by atoms with Gasteiger partial charge < -0.3 is 5.11 Å². The molecule has 1 aromatic heterocycles. The second-order valence-electron chi connectivity index (χ2n) is 5.16. The predicted molar refractivity (Wildman–Crippen MR) is 76.9 cm³/mol. The van der Waals surface area contributed by atoms with Crippen molar-refractivity contribution >= 4 is 11.8 Å². The molecule has 3 nitrogen and oxygen atoms in total. The number of nitrogens with zero attached hydrogens (tertiary/aromatic N) is 2. The van der Waals surface area contributed by atoms with E-state index in [0.29, 0.717) is 0 Å². The lowest BCUT2D eigenvalue weighted by molar-refractivity contribution is 0.200. The highest BCUT2D eigenvalue weighted by atomic mass is 32.2. The largest absolute Gasteiger partial charge is 0.392 e. The number of rotatable bonds is 6. The fourth-order valence-corrected chi connectivity index (χ4v) is 3.77. The van der Waals surface area contributed by atoms with E-state index in [1.165, 1.54) is 32.1 Å². The molecule has 0 spiro atoms. The van der Waals surface area contributed by atoms with E-state index in [2.05, 4.69) is 12.0 Å². The molecule has 2 rings (SSSR count). The molecule has 0 aliphatic heterocycles. The van der Waals surface area contributed by atoms with Crippen LogP contribution in [-0.2, 0) is 13.0 Å². The van der Waals surface area contributed by atoms with Crippen LogP contribution in [0.4, 0.5) is 0 Å². The molecule has 1 N–H and O–H groups in total. The first-order valence-corrected chi connectivity index (χ1v) is 8.13. The van der Waals surface area contributed by atoms with Crippen LogP contribution in [0.2, 0.25) is 0 Å². The summed E-state index contributed by atoms with van der Waals surface area (Å²) in [6.07, 6.45) is 11.2. The van der Waals surface area contributed by atoms with E-state index in [1.807, 2.05) is 28.8 Å². The summed E-state index contributed by atoms with van der Waals surface area (Å²) < 4.78 is 1.91. The van der Waals surface area contributed by atoms with Crippen LogP contribution in [0.15, 0.2) is 12.4 Å². The number of aryl methyl sites for hydroxylation is 1. The minimum atomic E-state index is -0.230. The topological polar surface area (TPSA) is 38.0 Å². The fraction of sp³-hybridized carbons (Fsp3) is 0.786. The van der Waals surface area contributed by atoms with Gasteiger partial charge in [0.25, 0.3) is 0 Å². The molecule has 0 amide bonds. The van der Waals surface area contributed by atoms with Crippen LogP contribution in [0.1, 0.15) is 44.6 Å². The maximum absolute atomic E-state index is 10.1. The van der Waals surface area contributed by atoms with Crippen LogP contribution in [0, 0.1) is 0 Å². The van der Waals surface area contributed by atoms with E-state index >= 15 is 0 Å². The molecule has 4 heteroatoms. The minimum absolute atomic E-state index is 0.230. The fourth-order valence-electron chi connectivity index (χ4n) is 2.49. The third-order valence-electron chi connectivity index (χ3n) is 3.56. The molecule has 1 aromatic rings. The summed E-state index contributed by atoms with van der Waals surface area (Å²) in [5.41, 5.74) is 1.15. The van der Waals surface area contributed by atoms with Crippen molar-refractivity contribution in [3.63, 3.8) is 0 Å². The Kier molecular flexibility index (Phi) is 5.57. The quantitative estimate of drug-likeness (QED) is 0.862. The molecule has 102 valence electrons. The van der Waals surface area contributed by atoms with Crippen molar-refractivity contribution in [2.45, 2.75) is 63.3 Å². The van der Waals surface area contributed by atoms with E-state index in [4.69, 9.17) is 0 Å². The highest BCUT2D eigenvalue weighted by molar-refractivity contribution is 7.99. The number of hydrogen-bond donors (Lipinski definition) is 1. The van der Waals surface area contributed by atoms with E-state index in [-0.39, 0.29) is 6.10 Å². The van der Waals surface area contributed by atoms with Gasteiger partial charge in [0, 0.05) is 30.2 Å². The molecule has 18 heavy (non-hydrogen) atoms. The van der Waals surface area contributed by atoms with Gasteiger partial charge in [-0.25, -0.2) is 0 Å². The second kappa shape index (κ2) is 7.19. The lowest BCUT2D eigenvalue weighted by atomic mass is 10.0. The zero-order valence-electron chi connectivity index (χ0n) is 11.2. The summed E-state index contributed by atoms with van der Waals surface area (Å²) in [6.45, 7) is 2.97. The first-order valence-electron chi connectivity index (χ1n) is 7.09. The Morgan fingerprint density at radius 2 is 2.22 bits per heavy atom. The molecular formula is C14H24N2OS. The van der Waals surface area contributed by atoms with Gasteiger partial charge in [0.15, 0.2) is 0 Å². The maximum Gasteiger partial charge on any atom is 0.0672 e. The summed E-state index contributed by atoms with van der Waals surface area (Å²) in [5.74, 6) is 0.863. The van der Waals surface area contributed by atoms with Crippen LogP contribution in [0.3, 0.4) is 0 Å². The predicted octanol–water partition coefficient (Wildman–Crippen LogP) is 2.87. The van der Waals surface area contributed by atoms with E-state index in [1.54, 1.807) is 0 Å². The van der Waals surface area contributed by atoms with Crippen molar-refractivity contribution in [1.82, 2.24) is 9.78 Å². The van der Waals surface area contributed by atoms with Crippen LogP contribution < -0.4 is 0 Å². The van der Waals surface area contributed by atoms with Gasteiger partial charge in [0.05, 0.1) is 12.3 Å². The Labute approximate surface area is 114 Å². The lowest BCUT2D eigenvalue weighted by Crippen LogP contribution is -2.17. The normalized spacial score (nSPS) is 19.0. The molecule has 0 aromatic carbocycles. The van der Waals surface area contributed by atoms with Gasteiger partial charge >= 0.3 is 0 Å². The molecule has 1 heterocycles. The van der Waals surface area contributed by atoms with E-state index < -0.39 is 0 Å². The van der Waals surface area contributed by atoms with Crippen LogP contribution in [-0.4, -0.2) is 32.0 Å². The number of thioether (sulfide) groups is 1. The number of aromatic nitrogens is 2. The van der Waals surface area contributed by atoms with Gasteiger partial charge in [0.1, 0.15) is 0 Å². The smallest absolute Gasteiger partial charge is 0.0672 e. The molecule has 1 aliphatic rings. The number of aliphatic hydroxyl groups is 1. The number of aliphatic hydroxyl groups excluding tert-OH is 1. The molecule has 0 radical (unpaired) electrons. The SMILES string of the molecule is CCn1cc(CC(O)CSC2CCCCC2)cn1. The molecule has 1 aliphatic carbocycles. The molecule has 0 bridgehead atoms. The molecule has 1 saturated carbocycles. The molecule has 0 saturated heterocycles. The summed E-state index contributed by atoms with van der Waals surface area (Å²) in [6, 6.07) is 0. The monoisotopic (exact) mass is 268 g/mol. The molecular weight excluding hydrogens is 244 g/mol. The zero-order chi connectivity index (χ0) is 12.8. The van der Waals surface area contributed by atoms with E-state index in [9.17, 15) is 5.11 Å². The average molecular weight is 268 g/mol. The highest BCUT2D eigenvalue weighted by Crippen LogP contribution is 2.28. The summed E-state index contributed by atoms with van der Waals surface area (Å²) >= 11 is 1.96. The van der Waals surface area contributed by atoms with Crippen molar-refractivity contribution in [3.05, 3.63) is 18.0 Å². The standard InChI is InChI=1S/C14H24N2OS/c1-2-16-10-12(9-15-16)8-13(17)11-18-14-6-4-3-5-7-14/h9-10,13-14,17H,2-8,11H2,1H3. The van der Waals surface area contributed by atoms with Crippen LogP contribution >= 0.6 is 11.8 Å². The third-order valence-corrected chi connectivity index (χ3v) is 5.08. The zero-order valence-corrected chi connectivity index (χ0v) is 12.0. The van der Waals surface area contributed by atoms with Gasteiger partial charge in [-0.3, -0.25) is 4.68 Å². The molecule has 1 atom stereocenters. The molecule has 1 unspecified atom stereocenters. The summed E-state index contributed by atoms with van der Waals surface area (Å²) in [4.78, 5) is 0. The third kappa shape index (κ3) is 4.32. The van der Waals surface area contributed by atoms with Gasteiger partial charge in [-0.2, -0.15) is 16.9 Å². The Balaban J connectivity index is 1.69. The summed E-state index contributed by atoms with van der Waals surface area (Å²) in [7, 11) is 0. The molecule has 1 fully saturated rings. The Hall–Kier alpha value is -0.480. The van der Waals surface area contributed by atoms with E-state index in [0.717, 1.165) is 29.5 Å². The van der Waals surface area contributed by atoms with Gasteiger partial charge in [0.2, 0.25) is 0 Å². The average Bonchev–Trinajstić information content (AvgIpc) is 2.85. The summed E-state index contributed by atoms with van der Waals surface area (Å²) in [5, 5.41) is 15.1. The lowest BCUT2D eigenvalue weighted by Gasteiger charge is -2.22. The van der Waals surface area contributed by atoms with Crippen molar-refractivity contribution in [3.8, 4) is 0 Å². The van der Waals surface area contributed by atoms with Crippen molar-refractivity contribution in [2.24, 2.45) is 0 Å². The Bertz CT molecular complexity index is 347. The van der Waals surface area contributed by atoms with Crippen molar-refractivity contribution in [2.75, 3.05) is 5.75 Å². The highest BCUT2D eigenvalue weighted by Gasteiger charge is 2.16. The Morgan fingerprint density at radius 3 is 2.89 bits per heavy atom. The van der Waals surface area contributed by atoms with Crippen molar-refractivity contribution < 1.29 is 5.11 Å². The first kappa shape index (κ1) is 13.9. The maximum atomic E-state index is 10.1. The van der Waals surface area contributed by atoms with Crippen LogP contribution in [0.5, 0.6) is 0 Å². The van der Waals surface area contributed by atoms with Crippen LogP contribution in [0.25, 0.3) is 0 Å². The van der Waals surface area contributed by atoms with Gasteiger partial charge in [-0.05, 0) is 25.3 Å². The van der Waals surface area contributed by atoms with Gasteiger partial charge in [-0.1, -0.05) is 19.3 Å². The van der Waals surface area contributed by atoms with Crippen molar-refractivity contribution in [1.29, 1.82) is 0 Å². The van der Waals surface area contributed by atoms with Gasteiger partial charge in [-0.15, -0.1) is 0 Å². The second-order valence-corrected chi connectivity index (χ2v) is 6.49.